The average Bonchev–Trinajstić information content (AvgIpc) is 2.42. The second kappa shape index (κ2) is 8.15. The molecule has 18 heavy (non-hydrogen) atoms. The fourth-order valence-electron chi connectivity index (χ4n) is 1.79. The van der Waals surface area contributed by atoms with Crippen molar-refractivity contribution in [2.45, 2.75) is 52.5 Å². The smallest absolute Gasteiger partial charge is 0.119 e. The summed E-state index contributed by atoms with van der Waals surface area (Å²) in [4.78, 5) is 0. The summed E-state index contributed by atoms with van der Waals surface area (Å²) in [5.41, 5.74) is 7.43. The Kier molecular flexibility index (Phi) is 6.81. The van der Waals surface area contributed by atoms with Gasteiger partial charge in [0.1, 0.15) is 12.4 Å². The molecule has 0 radical (unpaired) electrons. The average molecular weight is 249 g/mol. The van der Waals surface area contributed by atoms with Crippen molar-refractivity contribution in [1.29, 1.82) is 0 Å². The molecule has 1 aromatic carbocycles. The zero-order valence-corrected chi connectivity index (χ0v) is 12.0. The molecule has 0 saturated carbocycles. The lowest BCUT2D eigenvalue weighted by Crippen LogP contribution is -2.34. The molecule has 0 amide bonds. The number of hydrogen-bond acceptors (Lipinski definition) is 2. The van der Waals surface area contributed by atoms with Gasteiger partial charge in [0.05, 0.1) is 0 Å². The summed E-state index contributed by atoms with van der Waals surface area (Å²) < 4.78 is 5.73. The molecule has 0 fully saturated rings. The first kappa shape index (κ1) is 15.0. The Morgan fingerprint density at radius 2 is 1.83 bits per heavy atom. The number of aryl methyl sites for hydroxylation is 1. The Morgan fingerprint density at radius 3 is 2.39 bits per heavy atom. The molecule has 1 aromatic rings. The van der Waals surface area contributed by atoms with Crippen LogP contribution in [0, 0.1) is 5.92 Å². The predicted octanol–water partition coefficient (Wildman–Crippen LogP) is 3.78. The third-order valence-electron chi connectivity index (χ3n) is 3.56. The van der Waals surface area contributed by atoms with E-state index in [1.165, 1.54) is 18.4 Å². The summed E-state index contributed by atoms with van der Waals surface area (Å²) in [6.07, 6.45) is 4.74. The van der Waals surface area contributed by atoms with Gasteiger partial charge in [-0.3, -0.25) is 0 Å². The Morgan fingerprint density at radius 1 is 1.17 bits per heavy atom. The van der Waals surface area contributed by atoms with E-state index in [-0.39, 0.29) is 6.04 Å². The van der Waals surface area contributed by atoms with Crippen molar-refractivity contribution in [3.05, 3.63) is 29.8 Å². The van der Waals surface area contributed by atoms with Crippen molar-refractivity contribution in [3.63, 3.8) is 0 Å². The molecule has 102 valence electrons. The number of nitrogens with two attached hydrogens (primary N) is 1. The molecule has 0 saturated heterocycles. The standard InChI is InChI=1S/C16H27NO/c1-4-6-7-14-8-10-15(11-9-14)18-12-16(17)13(3)5-2/h8-11,13,16H,4-7,12,17H2,1-3H3. The van der Waals surface area contributed by atoms with Crippen LogP contribution in [0.1, 0.15) is 45.6 Å². The van der Waals surface area contributed by atoms with Crippen LogP contribution in [-0.4, -0.2) is 12.6 Å². The minimum Gasteiger partial charge on any atom is -0.492 e. The molecule has 0 aliphatic carbocycles. The minimum atomic E-state index is 0.120. The van der Waals surface area contributed by atoms with Gasteiger partial charge in [-0.25, -0.2) is 0 Å². The molecule has 0 bridgehead atoms. The van der Waals surface area contributed by atoms with Crippen LogP contribution in [0.3, 0.4) is 0 Å². The Hall–Kier alpha value is -1.02. The summed E-state index contributed by atoms with van der Waals surface area (Å²) in [6.45, 7) is 7.14. The predicted molar refractivity (Wildman–Crippen MR) is 78.0 cm³/mol. The monoisotopic (exact) mass is 249 g/mol. The van der Waals surface area contributed by atoms with Gasteiger partial charge in [0.25, 0.3) is 0 Å². The van der Waals surface area contributed by atoms with Gasteiger partial charge in [0.2, 0.25) is 0 Å². The molecule has 2 heteroatoms. The first-order chi connectivity index (χ1) is 8.67. The van der Waals surface area contributed by atoms with E-state index < -0.39 is 0 Å². The van der Waals surface area contributed by atoms with Crippen LogP contribution in [0.4, 0.5) is 0 Å². The summed E-state index contributed by atoms with van der Waals surface area (Å²) in [5, 5.41) is 0. The summed E-state index contributed by atoms with van der Waals surface area (Å²) in [7, 11) is 0. The maximum atomic E-state index is 6.05. The fourth-order valence-corrected chi connectivity index (χ4v) is 1.79. The lowest BCUT2D eigenvalue weighted by molar-refractivity contribution is 0.250. The lowest BCUT2D eigenvalue weighted by Gasteiger charge is -2.18. The molecular weight excluding hydrogens is 222 g/mol. The largest absolute Gasteiger partial charge is 0.492 e. The Bertz CT molecular complexity index is 320. The molecule has 0 heterocycles. The molecule has 0 aromatic heterocycles. The van der Waals surface area contributed by atoms with E-state index in [1.54, 1.807) is 0 Å². The van der Waals surface area contributed by atoms with Gasteiger partial charge >= 0.3 is 0 Å². The maximum Gasteiger partial charge on any atom is 0.119 e. The molecule has 2 unspecified atom stereocenters. The minimum absolute atomic E-state index is 0.120. The fraction of sp³-hybridized carbons (Fsp3) is 0.625. The van der Waals surface area contributed by atoms with Crippen LogP contribution in [0.15, 0.2) is 24.3 Å². The van der Waals surface area contributed by atoms with Crippen LogP contribution >= 0.6 is 0 Å². The topological polar surface area (TPSA) is 35.2 Å². The van der Waals surface area contributed by atoms with E-state index in [0.29, 0.717) is 12.5 Å². The van der Waals surface area contributed by atoms with Crippen molar-refractivity contribution in [2.75, 3.05) is 6.61 Å². The summed E-state index contributed by atoms with van der Waals surface area (Å²) >= 11 is 0. The third kappa shape index (κ3) is 5.09. The first-order valence-corrected chi connectivity index (χ1v) is 7.14. The second-order valence-corrected chi connectivity index (χ2v) is 5.11. The molecule has 0 aliphatic rings. The zero-order valence-electron chi connectivity index (χ0n) is 12.0. The summed E-state index contributed by atoms with van der Waals surface area (Å²) in [5.74, 6) is 1.43. The van der Waals surface area contributed by atoms with Crippen LogP contribution in [0.2, 0.25) is 0 Å². The Balaban J connectivity index is 2.39. The highest BCUT2D eigenvalue weighted by atomic mass is 16.5. The molecule has 0 aliphatic heterocycles. The molecule has 2 nitrogen and oxygen atoms in total. The molecular formula is C16H27NO. The molecule has 1 rings (SSSR count). The van der Waals surface area contributed by atoms with E-state index >= 15 is 0 Å². The van der Waals surface area contributed by atoms with Gasteiger partial charge in [0.15, 0.2) is 0 Å². The van der Waals surface area contributed by atoms with E-state index in [1.807, 2.05) is 12.1 Å². The molecule has 0 spiro atoms. The van der Waals surface area contributed by atoms with Crippen LogP contribution < -0.4 is 10.5 Å². The van der Waals surface area contributed by atoms with Crippen molar-refractivity contribution >= 4 is 0 Å². The van der Waals surface area contributed by atoms with Crippen molar-refractivity contribution < 1.29 is 4.74 Å². The van der Waals surface area contributed by atoms with Crippen LogP contribution in [0.25, 0.3) is 0 Å². The maximum absolute atomic E-state index is 6.05. The van der Waals surface area contributed by atoms with Crippen molar-refractivity contribution in [1.82, 2.24) is 0 Å². The second-order valence-electron chi connectivity index (χ2n) is 5.11. The molecule has 2 atom stereocenters. The van der Waals surface area contributed by atoms with Gasteiger partial charge < -0.3 is 10.5 Å². The quantitative estimate of drug-likeness (QED) is 0.761. The van der Waals surface area contributed by atoms with Gasteiger partial charge in [-0.1, -0.05) is 45.7 Å². The van der Waals surface area contributed by atoms with Crippen molar-refractivity contribution in [3.8, 4) is 5.75 Å². The highest BCUT2D eigenvalue weighted by molar-refractivity contribution is 5.27. The van der Waals surface area contributed by atoms with Crippen molar-refractivity contribution in [2.24, 2.45) is 11.7 Å². The zero-order chi connectivity index (χ0) is 13.4. The molecule has 2 N–H and O–H groups in total. The van der Waals surface area contributed by atoms with E-state index in [2.05, 4.69) is 32.9 Å². The van der Waals surface area contributed by atoms with Gasteiger partial charge in [-0.05, 0) is 36.5 Å². The number of unbranched alkanes of at least 4 members (excludes halogenated alkanes) is 1. The van der Waals surface area contributed by atoms with Gasteiger partial charge in [0, 0.05) is 6.04 Å². The first-order valence-electron chi connectivity index (χ1n) is 7.14. The lowest BCUT2D eigenvalue weighted by atomic mass is 10.0. The van der Waals surface area contributed by atoms with E-state index in [4.69, 9.17) is 10.5 Å². The highest BCUT2D eigenvalue weighted by Gasteiger charge is 2.11. The third-order valence-corrected chi connectivity index (χ3v) is 3.56. The number of rotatable bonds is 8. The number of benzene rings is 1. The highest BCUT2D eigenvalue weighted by Crippen LogP contribution is 2.15. The SMILES string of the molecule is CCCCc1ccc(OCC(N)C(C)CC)cc1. The normalized spacial score (nSPS) is 14.2. The van der Waals surface area contributed by atoms with Gasteiger partial charge in [-0.2, -0.15) is 0 Å². The Labute approximate surface area is 112 Å². The van der Waals surface area contributed by atoms with Crippen LogP contribution in [0.5, 0.6) is 5.75 Å². The van der Waals surface area contributed by atoms with E-state index in [9.17, 15) is 0 Å². The van der Waals surface area contributed by atoms with Gasteiger partial charge in [-0.15, -0.1) is 0 Å². The number of hydrogen-bond donors (Lipinski definition) is 1. The van der Waals surface area contributed by atoms with Crippen LogP contribution in [-0.2, 0) is 6.42 Å². The number of ether oxygens (including phenoxy) is 1. The van der Waals surface area contributed by atoms with E-state index in [0.717, 1.165) is 18.6 Å². The summed E-state index contributed by atoms with van der Waals surface area (Å²) in [6, 6.07) is 8.53.